The number of carbonyl (C=O) groups excluding carboxylic acids is 1. The molecule has 0 fully saturated rings. The Morgan fingerprint density at radius 2 is 2.05 bits per heavy atom. The molecule has 1 aromatic carbocycles. The van der Waals surface area contributed by atoms with Gasteiger partial charge in [-0.05, 0) is 12.1 Å². The van der Waals surface area contributed by atoms with Gasteiger partial charge in [-0.1, -0.05) is 0 Å². The number of nitrogens with one attached hydrogen (secondary N) is 1. The first-order valence-corrected chi connectivity index (χ1v) is 6.57. The predicted octanol–water partition coefficient (Wildman–Crippen LogP) is 0.296. The third kappa shape index (κ3) is 3.40. The lowest BCUT2D eigenvalue weighted by molar-refractivity contribution is -0.140. The monoisotopic (exact) mass is 311 g/mol. The summed E-state index contributed by atoms with van der Waals surface area (Å²) in [4.78, 5) is 23.3. The van der Waals surface area contributed by atoms with Gasteiger partial charge in [-0.25, -0.2) is 4.79 Å². The molecule has 1 heterocycles. The smallest absolute Gasteiger partial charge is 0.328 e. The Morgan fingerprint density at radius 3 is 2.68 bits per heavy atom. The number of aliphatic carboxylic acids is 1. The van der Waals surface area contributed by atoms with Crippen molar-refractivity contribution in [2.24, 2.45) is 0 Å². The molecule has 1 amide bonds. The zero-order chi connectivity index (χ0) is 16.1. The van der Waals surface area contributed by atoms with E-state index in [1.807, 2.05) is 0 Å². The molecular weight excluding hydrogens is 294 g/mol. The second kappa shape index (κ2) is 6.99. The van der Waals surface area contributed by atoms with E-state index in [9.17, 15) is 9.59 Å². The second-order valence-electron chi connectivity index (χ2n) is 4.52. The van der Waals surface area contributed by atoms with Crippen molar-refractivity contribution in [1.82, 2.24) is 5.32 Å². The molecule has 0 aromatic heterocycles. The Morgan fingerprint density at radius 1 is 1.32 bits per heavy atom. The van der Waals surface area contributed by atoms with Crippen LogP contribution in [0, 0.1) is 0 Å². The zero-order valence-electron chi connectivity index (χ0n) is 12.3. The van der Waals surface area contributed by atoms with Gasteiger partial charge in [-0.2, -0.15) is 0 Å². The SMILES string of the molecule is COCC(NC(=O)c1cc(OC)c2c(c1)OCCO2)C(=O)O. The first-order chi connectivity index (χ1) is 10.6. The van der Waals surface area contributed by atoms with Crippen molar-refractivity contribution in [3.05, 3.63) is 17.7 Å². The van der Waals surface area contributed by atoms with Gasteiger partial charge in [0, 0.05) is 12.7 Å². The molecule has 1 atom stereocenters. The lowest BCUT2D eigenvalue weighted by Crippen LogP contribution is -2.43. The van der Waals surface area contributed by atoms with E-state index in [2.05, 4.69) is 5.32 Å². The van der Waals surface area contributed by atoms with Crippen LogP contribution in [0.1, 0.15) is 10.4 Å². The van der Waals surface area contributed by atoms with Crippen LogP contribution in [0.5, 0.6) is 17.2 Å². The van der Waals surface area contributed by atoms with Gasteiger partial charge in [0.05, 0.1) is 13.7 Å². The van der Waals surface area contributed by atoms with Crippen LogP contribution >= 0.6 is 0 Å². The highest BCUT2D eigenvalue weighted by atomic mass is 16.6. The predicted molar refractivity (Wildman–Crippen MR) is 74.8 cm³/mol. The number of benzene rings is 1. The molecule has 0 radical (unpaired) electrons. The quantitative estimate of drug-likeness (QED) is 0.778. The molecule has 1 unspecified atom stereocenters. The van der Waals surface area contributed by atoms with Gasteiger partial charge in [0.2, 0.25) is 5.75 Å². The third-order valence-electron chi connectivity index (χ3n) is 3.03. The zero-order valence-corrected chi connectivity index (χ0v) is 12.3. The minimum absolute atomic E-state index is 0.136. The summed E-state index contributed by atoms with van der Waals surface area (Å²) in [7, 11) is 2.80. The highest BCUT2D eigenvalue weighted by Crippen LogP contribution is 2.40. The highest BCUT2D eigenvalue weighted by Gasteiger charge is 2.24. The maximum Gasteiger partial charge on any atom is 0.328 e. The highest BCUT2D eigenvalue weighted by molar-refractivity contribution is 5.97. The fraction of sp³-hybridized carbons (Fsp3) is 0.429. The topological polar surface area (TPSA) is 103 Å². The van der Waals surface area contributed by atoms with Crippen LogP contribution in [0.15, 0.2) is 12.1 Å². The molecular formula is C14H17NO7. The van der Waals surface area contributed by atoms with Crippen molar-refractivity contribution in [3.63, 3.8) is 0 Å². The van der Waals surface area contributed by atoms with Gasteiger partial charge in [0.1, 0.15) is 13.2 Å². The summed E-state index contributed by atoms with van der Waals surface area (Å²) in [5, 5.41) is 11.4. The van der Waals surface area contributed by atoms with Gasteiger partial charge in [0.25, 0.3) is 5.91 Å². The van der Waals surface area contributed by atoms with E-state index in [4.69, 9.17) is 24.1 Å². The van der Waals surface area contributed by atoms with Crippen LogP contribution in [-0.2, 0) is 9.53 Å². The van der Waals surface area contributed by atoms with Gasteiger partial charge in [-0.15, -0.1) is 0 Å². The number of hydrogen-bond acceptors (Lipinski definition) is 6. The van der Waals surface area contributed by atoms with E-state index >= 15 is 0 Å². The fourth-order valence-corrected chi connectivity index (χ4v) is 1.99. The average molecular weight is 311 g/mol. The lowest BCUT2D eigenvalue weighted by atomic mass is 10.1. The minimum Gasteiger partial charge on any atom is -0.493 e. The fourth-order valence-electron chi connectivity index (χ4n) is 1.99. The summed E-state index contributed by atoms with van der Waals surface area (Å²) in [5.41, 5.74) is 0.212. The number of carbonyl (C=O) groups is 2. The number of amides is 1. The average Bonchev–Trinajstić information content (AvgIpc) is 2.53. The largest absolute Gasteiger partial charge is 0.493 e. The van der Waals surface area contributed by atoms with Crippen molar-refractivity contribution >= 4 is 11.9 Å². The Bertz CT molecular complexity index is 555. The van der Waals surface area contributed by atoms with Crippen LogP contribution < -0.4 is 19.5 Å². The number of carboxylic acid groups (broad SMARTS) is 1. The molecule has 0 saturated heterocycles. The van der Waals surface area contributed by atoms with E-state index in [0.29, 0.717) is 30.5 Å². The second-order valence-corrected chi connectivity index (χ2v) is 4.52. The number of hydrogen-bond donors (Lipinski definition) is 2. The van der Waals surface area contributed by atoms with Crippen molar-refractivity contribution < 1.29 is 33.6 Å². The van der Waals surface area contributed by atoms with E-state index in [1.165, 1.54) is 26.4 Å². The van der Waals surface area contributed by atoms with Gasteiger partial charge in [0.15, 0.2) is 17.5 Å². The molecule has 0 bridgehead atoms. The molecule has 2 rings (SSSR count). The van der Waals surface area contributed by atoms with Crippen LogP contribution in [0.25, 0.3) is 0 Å². The normalized spacial score (nSPS) is 14.1. The van der Waals surface area contributed by atoms with E-state index in [-0.39, 0.29) is 12.2 Å². The molecule has 0 saturated carbocycles. The van der Waals surface area contributed by atoms with E-state index < -0.39 is 17.9 Å². The third-order valence-corrected chi connectivity index (χ3v) is 3.03. The first-order valence-electron chi connectivity index (χ1n) is 6.57. The van der Waals surface area contributed by atoms with Crippen LogP contribution in [0.4, 0.5) is 0 Å². The Kier molecular flexibility index (Phi) is 5.05. The minimum atomic E-state index is -1.18. The summed E-state index contributed by atoms with van der Waals surface area (Å²) in [6.45, 7) is 0.620. The molecule has 0 aliphatic carbocycles. The number of carboxylic acids is 1. The van der Waals surface area contributed by atoms with Crippen LogP contribution in [-0.4, -0.2) is 57.1 Å². The molecule has 2 N–H and O–H groups in total. The molecule has 1 aliphatic rings. The Balaban J connectivity index is 2.24. The Labute approximate surface area is 126 Å². The molecule has 22 heavy (non-hydrogen) atoms. The molecule has 1 aliphatic heterocycles. The maximum atomic E-state index is 12.2. The van der Waals surface area contributed by atoms with E-state index in [1.54, 1.807) is 0 Å². The summed E-state index contributed by atoms with van der Waals surface area (Å²) in [6.07, 6.45) is 0. The standard InChI is InChI=1S/C14H17NO7/c1-19-7-9(14(17)18)15-13(16)8-5-10(20-2)12-11(6-8)21-3-4-22-12/h5-6,9H,3-4,7H2,1-2H3,(H,15,16)(H,17,18). The van der Waals surface area contributed by atoms with Crippen molar-refractivity contribution in [3.8, 4) is 17.2 Å². The molecule has 0 spiro atoms. The number of fused-ring (bicyclic) bond motifs is 1. The molecule has 1 aromatic rings. The number of methoxy groups -OCH3 is 2. The number of ether oxygens (including phenoxy) is 4. The first kappa shape index (κ1) is 15.9. The molecule has 120 valence electrons. The maximum absolute atomic E-state index is 12.2. The van der Waals surface area contributed by atoms with Crippen molar-refractivity contribution in [2.75, 3.05) is 34.0 Å². The van der Waals surface area contributed by atoms with Gasteiger partial charge >= 0.3 is 5.97 Å². The van der Waals surface area contributed by atoms with E-state index in [0.717, 1.165) is 0 Å². The summed E-state index contributed by atoms with van der Waals surface area (Å²) >= 11 is 0. The molecule has 8 heteroatoms. The van der Waals surface area contributed by atoms with Crippen molar-refractivity contribution in [2.45, 2.75) is 6.04 Å². The van der Waals surface area contributed by atoms with Crippen molar-refractivity contribution in [1.29, 1.82) is 0 Å². The van der Waals surface area contributed by atoms with Crippen LogP contribution in [0.2, 0.25) is 0 Å². The summed E-state index contributed by atoms with van der Waals surface area (Å²) in [6, 6.07) is 1.81. The summed E-state index contributed by atoms with van der Waals surface area (Å²) < 4.78 is 20.8. The van der Waals surface area contributed by atoms with Gasteiger partial charge < -0.3 is 29.4 Å². The summed E-state index contributed by atoms with van der Waals surface area (Å²) in [5.74, 6) is -0.591. The van der Waals surface area contributed by atoms with Crippen LogP contribution in [0.3, 0.4) is 0 Å². The Hall–Kier alpha value is -2.48. The lowest BCUT2D eigenvalue weighted by Gasteiger charge is -2.21. The molecule has 8 nitrogen and oxygen atoms in total. The van der Waals surface area contributed by atoms with Gasteiger partial charge in [-0.3, -0.25) is 4.79 Å². The number of rotatable bonds is 6.